The van der Waals surface area contributed by atoms with Crippen molar-refractivity contribution in [3.05, 3.63) is 81.0 Å². The molecule has 0 saturated heterocycles. The first kappa shape index (κ1) is 23.4. The number of halogens is 3. The van der Waals surface area contributed by atoms with Gasteiger partial charge in [0.1, 0.15) is 17.3 Å². The summed E-state index contributed by atoms with van der Waals surface area (Å²) in [5.41, 5.74) is 6.46. The number of nitrogens with two attached hydrogens (primary N) is 1. The lowest BCUT2D eigenvalue weighted by Crippen LogP contribution is -2.33. The first-order valence-corrected chi connectivity index (χ1v) is 10.1. The van der Waals surface area contributed by atoms with E-state index in [1.54, 1.807) is 36.4 Å². The van der Waals surface area contributed by atoms with Crippen LogP contribution in [0.1, 0.15) is 17.0 Å². The van der Waals surface area contributed by atoms with E-state index in [1.165, 1.54) is 37.4 Å². The maximum Gasteiger partial charge on any atom is 0.213 e. The van der Waals surface area contributed by atoms with E-state index >= 15 is 4.39 Å². The fraction of sp³-hybridized carbons (Fsp3) is 0.292. The molecule has 0 unspecified atom stereocenters. The van der Waals surface area contributed by atoms with Crippen molar-refractivity contribution in [2.75, 3.05) is 32.1 Å². The molecule has 0 saturated carbocycles. The number of hydrogen-bond acceptors (Lipinski definition) is 4. The molecule has 170 valence electrons. The van der Waals surface area contributed by atoms with Gasteiger partial charge in [0.25, 0.3) is 0 Å². The second kappa shape index (κ2) is 9.48. The molecule has 2 N–H and O–H groups in total. The van der Waals surface area contributed by atoms with Crippen LogP contribution < -0.4 is 20.8 Å². The highest BCUT2D eigenvalue weighted by atomic mass is 19.1. The molecule has 8 heteroatoms. The average molecular weight is 445 g/mol. The predicted molar refractivity (Wildman–Crippen MR) is 120 cm³/mol. The maximum absolute atomic E-state index is 15.2. The normalized spacial score (nSPS) is 11.0. The quantitative estimate of drug-likeness (QED) is 0.597. The Morgan fingerprint density at radius 2 is 1.66 bits per heavy atom. The average Bonchev–Trinajstić information content (AvgIpc) is 2.74. The summed E-state index contributed by atoms with van der Waals surface area (Å²) in [6.45, 7) is 3.81. The fourth-order valence-electron chi connectivity index (χ4n) is 3.97. The predicted octanol–water partition coefficient (Wildman–Crippen LogP) is 4.00. The van der Waals surface area contributed by atoms with E-state index in [9.17, 15) is 13.6 Å². The second-order valence-electron chi connectivity index (χ2n) is 7.54. The van der Waals surface area contributed by atoms with Crippen LogP contribution in [0.15, 0.2) is 41.2 Å². The lowest BCUT2D eigenvalue weighted by Gasteiger charge is -2.27. The maximum atomic E-state index is 15.2. The molecule has 0 amide bonds. The van der Waals surface area contributed by atoms with E-state index in [4.69, 9.17) is 10.5 Å². The van der Waals surface area contributed by atoms with Gasteiger partial charge in [-0.05, 0) is 32.0 Å². The zero-order valence-electron chi connectivity index (χ0n) is 18.5. The van der Waals surface area contributed by atoms with Crippen molar-refractivity contribution in [3.8, 4) is 16.9 Å². The number of hydrogen-bond donors (Lipinski definition) is 1. The monoisotopic (exact) mass is 445 g/mol. The molecule has 0 atom stereocenters. The van der Waals surface area contributed by atoms with Crippen LogP contribution >= 0.6 is 0 Å². The number of rotatable bonds is 7. The Labute approximate surface area is 184 Å². The van der Waals surface area contributed by atoms with Crippen LogP contribution in [0.25, 0.3) is 11.1 Å². The Morgan fingerprint density at radius 1 is 1.03 bits per heavy atom. The van der Waals surface area contributed by atoms with Crippen molar-refractivity contribution < 1.29 is 17.9 Å². The summed E-state index contributed by atoms with van der Waals surface area (Å²) in [5, 5.41) is 0. The van der Waals surface area contributed by atoms with Gasteiger partial charge in [-0.15, -0.1) is 0 Å². The van der Waals surface area contributed by atoms with Gasteiger partial charge in [0.15, 0.2) is 11.6 Å². The number of nitrogens with zero attached hydrogens (tertiary/aromatic N) is 2. The van der Waals surface area contributed by atoms with Gasteiger partial charge in [-0.3, -0.25) is 4.79 Å². The highest BCUT2D eigenvalue weighted by molar-refractivity contribution is 5.73. The summed E-state index contributed by atoms with van der Waals surface area (Å²) in [6, 6.07) is 8.16. The molecule has 0 fully saturated rings. The molecule has 0 bridgehead atoms. The summed E-state index contributed by atoms with van der Waals surface area (Å²) in [6.07, 6.45) is 0. The Hall–Kier alpha value is -3.26. The van der Waals surface area contributed by atoms with Crippen LogP contribution in [0, 0.1) is 31.3 Å². The molecule has 5 nitrogen and oxygen atoms in total. The van der Waals surface area contributed by atoms with Gasteiger partial charge in [0, 0.05) is 42.7 Å². The molecule has 3 aromatic rings. The molecule has 32 heavy (non-hydrogen) atoms. The van der Waals surface area contributed by atoms with Crippen LogP contribution in [-0.4, -0.2) is 31.8 Å². The number of likely N-dealkylation sites (N-methyl/N-ethyl adjacent to an activating group) is 1. The number of pyridine rings is 1. The van der Waals surface area contributed by atoms with E-state index < -0.39 is 22.9 Å². The molecular weight excluding hydrogens is 419 g/mol. The summed E-state index contributed by atoms with van der Waals surface area (Å²) in [7, 11) is 3.04. The van der Waals surface area contributed by atoms with Crippen LogP contribution in [-0.2, 0) is 6.54 Å². The highest BCUT2D eigenvalue weighted by Gasteiger charge is 2.24. The van der Waals surface area contributed by atoms with E-state index in [0.29, 0.717) is 17.9 Å². The first-order valence-electron chi connectivity index (χ1n) is 10.1. The summed E-state index contributed by atoms with van der Waals surface area (Å²) in [4.78, 5) is 15.2. The van der Waals surface area contributed by atoms with Crippen molar-refractivity contribution in [1.29, 1.82) is 0 Å². The standard InChI is InChI=1S/C24H26F3N3O2/c1-14-21(16-7-5-10-20(32-4)22(16)27)24(31)23(29(3)12-11-28)15(2)30(14)13-17-18(25)8-6-9-19(17)26/h5-10H,11-13,28H2,1-4H3. The fourth-order valence-corrected chi connectivity index (χ4v) is 3.97. The van der Waals surface area contributed by atoms with Crippen molar-refractivity contribution in [3.63, 3.8) is 0 Å². The van der Waals surface area contributed by atoms with Crippen molar-refractivity contribution in [1.82, 2.24) is 4.57 Å². The van der Waals surface area contributed by atoms with E-state index in [2.05, 4.69) is 0 Å². The van der Waals surface area contributed by atoms with Gasteiger partial charge in [0.2, 0.25) is 5.43 Å². The molecular formula is C24H26F3N3O2. The topological polar surface area (TPSA) is 60.5 Å². The number of benzene rings is 2. The smallest absolute Gasteiger partial charge is 0.213 e. The summed E-state index contributed by atoms with van der Waals surface area (Å²) < 4.78 is 50.7. The first-order chi connectivity index (χ1) is 15.2. The minimum absolute atomic E-state index is 0.00886. The van der Waals surface area contributed by atoms with E-state index in [1.807, 2.05) is 0 Å². The Bertz CT molecular complexity index is 1190. The number of methoxy groups -OCH3 is 1. The van der Waals surface area contributed by atoms with Crippen LogP contribution in [0.3, 0.4) is 0 Å². The minimum atomic E-state index is -0.700. The molecule has 0 radical (unpaired) electrons. The SMILES string of the molecule is COc1cccc(-c2c(C)n(Cc3c(F)cccc3F)c(C)c(N(C)CCN)c2=O)c1F. The largest absolute Gasteiger partial charge is 0.494 e. The third-order valence-corrected chi connectivity index (χ3v) is 5.63. The Kier molecular flexibility index (Phi) is 6.93. The molecule has 0 aliphatic carbocycles. The third kappa shape index (κ3) is 4.10. The third-order valence-electron chi connectivity index (χ3n) is 5.63. The van der Waals surface area contributed by atoms with Crippen LogP contribution in [0.4, 0.5) is 18.9 Å². The molecule has 0 aliphatic rings. The zero-order valence-corrected chi connectivity index (χ0v) is 18.5. The van der Waals surface area contributed by atoms with E-state index in [-0.39, 0.29) is 41.2 Å². The van der Waals surface area contributed by atoms with Gasteiger partial charge in [-0.25, -0.2) is 13.2 Å². The summed E-state index contributed by atoms with van der Waals surface area (Å²) >= 11 is 0. The number of ether oxygens (including phenoxy) is 1. The number of anilines is 1. The second-order valence-corrected chi connectivity index (χ2v) is 7.54. The van der Waals surface area contributed by atoms with Crippen molar-refractivity contribution >= 4 is 5.69 Å². The molecule has 1 aromatic heterocycles. The Balaban J connectivity index is 2.37. The highest BCUT2D eigenvalue weighted by Crippen LogP contribution is 2.32. The van der Waals surface area contributed by atoms with Gasteiger partial charge >= 0.3 is 0 Å². The molecule has 3 rings (SSSR count). The molecule has 0 spiro atoms. The van der Waals surface area contributed by atoms with Gasteiger partial charge in [0.05, 0.1) is 19.2 Å². The van der Waals surface area contributed by atoms with Gasteiger partial charge in [-0.1, -0.05) is 18.2 Å². The van der Waals surface area contributed by atoms with Crippen molar-refractivity contribution in [2.24, 2.45) is 5.73 Å². The molecule has 2 aromatic carbocycles. The van der Waals surface area contributed by atoms with Crippen LogP contribution in [0.2, 0.25) is 0 Å². The van der Waals surface area contributed by atoms with Crippen molar-refractivity contribution in [2.45, 2.75) is 20.4 Å². The molecule has 0 aliphatic heterocycles. The number of aromatic nitrogens is 1. The summed E-state index contributed by atoms with van der Waals surface area (Å²) in [5.74, 6) is -2.09. The lowest BCUT2D eigenvalue weighted by atomic mass is 9.99. The van der Waals surface area contributed by atoms with Crippen LogP contribution in [0.5, 0.6) is 5.75 Å². The minimum Gasteiger partial charge on any atom is -0.494 e. The Morgan fingerprint density at radius 3 is 2.25 bits per heavy atom. The van der Waals surface area contributed by atoms with Gasteiger partial charge < -0.3 is 19.9 Å². The van der Waals surface area contributed by atoms with E-state index in [0.717, 1.165) is 0 Å². The van der Waals surface area contributed by atoms with Gasteiger partial charge in [-0.2, -0.15) is 0 Å². The molecule has 1 heterocycles. The zero-order chi connectivity index (χ0) is 23.6. The lowest BCUT2D eigenvalue weighted by molar-refractivity contribution is 0.387.